The number of carbonyl (C=O) groups excluding carboxylic acids is 1. The largest absolute Gasteiger partial charge is 0.396 e. The van der Waals surface area contributed by atoms with Crippen molar-refractivity contribution in [3.63, 3.8) is 0 Å². The molecule has 1 fully saturated rings. The Kier molecular flexibility index (Phi) is 4.54. The van der Waals surface area contributed by atoms with Crippen LogP contribution in [0, 0.1) is 5.41 Å². The van der Waals surface area contributed by atoms with E-state index in [9.17, 15) is 9.90 Å². The van der Waals surface area contributed by atoms with Crippen LogP contribution in [-0.4, -0.2) is 48.7 Å². The lowest BCUT2D eigenvalue weighted by Crippen LogP contribution is -2.47. The predicted molar refractivity (Wildman–Crippen MR) is 59.6 cm³/mol. The first-order valence-electron chi connectivity index (χ1n) is 5.69. The van der Waals surface area contributed by atoms with E-state index in [4.69, 9.17) is 0 Å². The van der Waals surface area contributed by atoms with E-state index in [1.54, 1.807) is 0 Å². The van der Waals surface area contributed by atoms with Gasteiger partial charge in [-0.3, -0.25) is 9.69 Å². The normalized spacial score (nSPS) is 27.7. The number of piperidine rings is 1. The van der Waals surface area contributed by atoms with Crippen LogP contribution in [0.5, 0.6) is 0 Å². The van der Waals surface area contributed by atoms with Gasteiger partial charge in [0.25, 0.3) is 0 Å². The molecule has 1 heterocycles. The summed E-state index contributed by atoms with van der Waals surface area (Å²) in [5.74, 6) is 0.0830. The Morgan fingerprint density at radius 2 is 2.33 bits per heavy atom. The molecule has 1 rings (SSSR count). The SMILES string of the molecule is CCNC(=O)CN1CCCC(C)(CO)C1. The van der Waals surface area contributed by atoms with Crippen molar-refractivity contribution in [2.75, 3.05) is 32.8 Å². The predicted octanol–water partition coefficient (Wildman–Crippen LogP) is 0.217. The molecule has 4 nitrogen and oxygen atoms in total. The van der Waals surface area contributed by atoms with E-state index in [0.717, 1.165) is 25.9 Å². The van der Waals surface area contributed by atoms with Crippen molar-refractivity contribution in [2.45, 2.75) is 26.7 Å². The van der Waals surface area contributed by atoms with Crippen molar-refractivity contribution in [2.24, 2.45) is 5.41 Å². The zero-order valence-electron chi connectivity index (χ0n) is 9.75. The highest BCUT2D eigenvalue weighted by atomic mass is 16.3. The summed E-state index contributed by atoms with van der Waals surface area (Å²) in [5.41, 5.74) is -0.0231. The number of nitrogens with one attached hydrogen (secondary N) is 1. The lowest BCUT2D eigenvalue weighted by Gasteiger charge is -2.38. The molecule has 1 amide bonds. The third kappa shape index (κ3) is 3.80. The van der Waals surface area contributed by atoms with E-state index >= 15 is 0 Å². The fourth-order valence-electron chi connectivity index (χ4n) is 2.15. The molecule has 0 aliphatic carbocycles. The third-order valence-corrected chi connectivity index (χ3v) is 2.98. The Morgan fingerprint density at radius 3 is 2.93 bits per heavy atom. The maximum absolute atomic E-state index is 11.4. The average molecular weight is 214 g/mol. The van der Waals surface area contributed by atoms with Crippen LogP contribution in [0.25, 0.3) is 0 Å². The minimum Gasteiger partial charge on any atom is -0.396 e. The number of hydrogen-bond donors (Lipinski definition) is 2. The number of likely N-dealkylation sites (tertiary alicyclic amines) is 1. The second-order valence-corrected chi connectivity index (χ2v) is 4.74. The Bertz CT molecular complexity index is 221. The summed E-state index contributed by atoms with van der Waals surface area (Å²) in [6.07, 6.45) is 2.12. The van der Waals surface area contributed by atoms with Gasteiger partial charge in [-0.1, -0.05) is 6.92 Å². The summed E-state index contributed by atoms with van der Waals surface area (Å²) in [7, 11) is 0. The van der Waals surface area contributed by atoms with Gasteiger partial charge in [0.05, 0.1) is 6.54 Å². The Balaban J connectivity index is 2.39. The minimum absolute atomic E-state index is 0.0231. The van der Waals surface area contributed by atoms with Crippen LogP contribution < -0.4 is 5.32 Å². The van der Waals surface area contributed by atoms with E-state index in [1.165, 1.54) is 0 Å². The molecule has 1 atom stereocenters. The van der Waals surface area contributed by atoms with Crippen LogP contribution >= 0.6 is 0 Å². The third-order valence-electron chi connectivity index (χ3n) is 2.98. The van der Waals surface area contributed by atoms with Gasteiger partial charge in [0.15, 0.2) is 0 Å². The van der Waals surface area contributed by atoms with Gasteiger partial charge in [-0.25, -0.2) is 0 Å². The summed E-state index contributed by atoms with van der Waals surface area (Å²) in [5, 5.41) is 12.1. The molecule has 0 saturated carbocycles. The summed E-state index contributed by atoms with van der Waals surface area (Å²) < 4.78 is 0. The number of carbonyl (C=O) groups is 1. The highest BCUT2D eigenvalue weighted by molar-refractivity contribution is 5.77. The molecular weight excluding hydrogens is 192 g/mol. The number of aliphatic hydroxyl groups is 1. The number of rotatable bonds is 4. The first-order valence-corrected chi connectivity index (χ1v) is 5.69. The van der Waals surface area contributed by atoms with Gasteiger partial charge in [-0.15, -0.1) is 0 Å². The van der Waals surface area contributed by atoms with Gasteiger partial charge in [-0.05, 0) is 26.3 Å². The van der Waals surface area contributed by atoms with Gasteiger partial charge in [0.1, 0.15) is 0 Å². The zero-order valence-corrected chi connectivity index (χ0v) is 9.75. The van der Waals surface area contributed by atoms with Crippen molar-refractivity contribution < 1.29 is 9.90 Å². The molecule has 0 aromatic heterocycles. The van der Waals surface area contributed by atoms with E-state index < -0.39 is 0 Å². The highest BCUT2D eigenvalue weighted by Crippen LogP contribution is 2.28. The first kappa shape index (κ1) is 12.5. The molecule has 1 saturated heterocycles. The summed E-state index contributed by atoms with van der Waals surface area (Å²) in [6, 6.07) is 0. The lowest BCUT2D eigenvalue weighted by molar-refractivity contribution is -0.123. The molecule has 0 aromatic carbocycles. The van der Waals surface area contributed by atoms with Crippen molar-refractivity contribution >= 4 is 5.91 Å². The van der Waals surface area contributed by atoms with E-state index in [0.29, 0.717) is 13.1 Å². The topological polar surface area (TPSA) is 52.6 Å². The smallest absolute Gasteiger partial charge is 0.234 e. The molecular formula is C11H22N2O2. The minimum atomic E-state index is -0.0231. The molecule has 0 spiro atoms. The molecule has 0 aromatic rings. The Hall–Kier alpha value is -0.610. The number of nitrogens with zero attached hydrogens (tertiary/aromatic N) is 1. The average Bonchev–Trinajstić information content (AvgIpc) is 2.18. The molecule has 0 radical (unpaired) electrons. The van der Waals surface area contributed by atoms with Crippen LogP contribution in [0.4, 0.5) is 0 Å². The van der Waals surface area contributed by atoms with Gasteiger partial charge in [0.2, 0.25) is 5.91 Å². The molecule has 1 aliphatic heterocycles. The fraction of sp³-hybridized carbons (Fsp3) is 0.909. The van der Waals surface area contributed by atoms with Gasteiger partial charge < -0.3 is 10.4 Å². The van der Waals surface area contributed by atoms with Crippen LogP contribution in [0.2, 0.25) is 0 Å². The second kappa shape index (κ2) is 5.47. The molecule has 4 heteroatoms. The fourth-order valence-corrected chi connectivity index (χ4v) is 2.15. The first-order chi connectivity index (χ1) is 7.09. The number of amides is 1. The van der Waals surface area contributed by atoms with Crippen LogP contribution in [0.15, 0.2) is 0 Å². The second-order valence-electron chi connectivity index (χ2n) is 4.74. The van der Waals surface area contributed by atoms with Crippen molar-refractivity contribution in [3.05, 3.63) is 0 Å². The van der Waals surface area contributed by atoms with Gasteiger partial charge >= 0.3 is 0 Å². The molecule has 2 N–H and O–H groups in total. The number of likely N-dealkylation sites (N-methyl/N-ethyl adjacent to an activating group) is 1. The molecule has 88 valence electrons. The number of aliphatic hydroxyl groups excluding tert-OH is 1. The number of hydrogen-bond acceptors (Lipinski definition) is 3. The summed E-state index contributed by atoms with van der Waals surface area (Å²) in [6.45, 7) is 7.14. The molecule has 1 aliphatic rings. The summed E-state index contributed by atoms with van der Waals surface area (Å²) in [4.78, 5) is 13.5. The molecule has 0 bridgehead atoms. The van der Waals surface area contributed by atoms with Crippen molar-refractivity contribution in [3.8, 4) is 0 Å². The van der Waals surface area contributed by atoms with Crippen LogP contribution in [-0.2, 0) is 4.79 Å². The van der Waals surface area contributed by atoms with E-state index in [-0.39, 0.29) is 17.9 Å². The van der Waals surface area contributed by atoms with Crippen LogP contribution in [0.1, 0.15) is 26.7 Å². The summed E-state index contributed by atoms with van der Waals surface area (Å²) >= 11 is 0. The van der Waals surface area contributed by atoms with Crippen molar-refractivity contribution in [1.82, 2.24) is 10.2 Å². The lowest BCUT2D eigenvalue weighted by atomic mass is 9.83. The Morgan fingerprint density at radius 1 is 1.60 bits per heavy atom. The maximum Gasteiger partial charge on any atom is 0.234 e. The highest BCUT2D eigenvalue weighted by Gasteiger charge is 2.30. The molecule has 1 unspecified atom stereocenters. The van der Waals surface area contributed by atoms with Gasteiger partial charge in [-0.2, -0.15) is 0 Å². The monoisotopic (exact) mass is 214 g/mol. The standard InChI is InChI=1S/C11H22N2O2/c1-3-12-10(15)7-13-6-4-5-11(2,8-13)9-14/h14H,3-9H2,1-2H3,(H,12,15). The molecule has 15 heavy (non-hydrogen) atoms. The quantitative estimate of drug-likeness (QED) is 0.704. The maximum atomic E-state index is 11.4. The van der Waals surface area contributed by atoms with E-state index in [2.05, 4.69) is 17.1 Å². The van der Waals surface area contributed by atoms with E-state index in [1.807, 2.05) is 6.92 Å². The van der Waals surface area contributed by atoms with Crippen molar-refractivity contribution in [1.29, 1.82) is 0 Å². The van der Waals surface area contributed by atoms with Gasteiger partial charge in [0, 0.05) is 25.1 Å². The zero-order chi connectivity index (χ0) is 11.3. The van der Waals surface area contributed by atoms with Crippen LogP contribution in [0.3, 0.4) is 0 Å². The Labute approximate surface area is 91.6 Å².